The molecule has 1 unspecified atom stereocenters. The molecular weight excluding hydrogens is 193 g/mol. The predicted octanol–water partition coefficient (Wildman–Crippen LogP) is 2.36. The Labute approximate surface area is 90.2 Å². The number of hydrogen-bond acceptors (Lipinski definition) is 2. The molecule has 1 aromatic carbocycles. The molecule has 84 valence electrons. The molecule has 0 aromatic heterocycles. The molecule has 2 N–H and O–H groups in total. The number of ether oxygens (including phenoxy) is 1. The summed E-state index contributed by atoms with van der Waals surface area (Å²) in [6, 6.07) is 5.09. The molecule has 2 nitrogen and oxygen atoms in total. The summed E-state index contributed by atoms with van der Waals surface area (Å²) in [5.74, 6) is 0.405. The van der Waals surface area contributed by atoms with Crippen LogP contribution in [0.2, 0.25) is 0 Å². The number of benzene rings is 1. The first-order chi connectivity index (χ1) is 7.17. The second-order valence-corrected chi connectivity index (χ2v) is 3.74. The summed E-state index contributed by atoms with van der Waals surface area (Å²) in [5.41, 5.74) is 6.48. The van der Waals surface area contributed by atoms with E-state index in [0.717, 1.165) is 12.0 Å². The van der Waals surface area contributed by atoms with E-state index >= 15 is 0 Å². The van der Waals surface area contributed by atoms with Gasteiger partial charge in [0.2, 0.25) is 0 Å². The second-order valence-electron chi connectivity index (χ2n) is 3.74. The molecule has 1 atom stereocenters. The van der Waals surface area contributed by atoms with Gasteiger partial charge in [0.15, 0.2) is 11.6 Å². The Morgan fingerprint density at radius 2 is 2.20 bits per heavy atom. The predicted molar refractivity (Wildman–Crippen MR) is 59.5 cm³/mol. The van der Waals surface area contributed by atoms with Crippen LogP contribution < -0.4 is 10.5 Å². The summed E-state index contributed by atoms with van der Waals surface area (Å²) in [7, 11) is 0. The molecule has 0 aliphatic carbocycles. The highest BCUT2D eigenvalue weighted by Crippen LogP contribution is 2.19. The quantitative estimate of drug-likeness (QED) is 0.811. The van der Waals surface area contributed by atoms with Gasteiger partial charge in [-0.25, -0.2) is 4.39 Å². The molecular formula is C12H18FNO. The molecule has 1 aromatic rings. The first kappa shape index (κ1) is 12.0. The van der Waals surface area contributed by atoms with E-state index in [-0.39, 0.29) is 5.82 Å². The van der Waals surface area contributed by atoms with Crippen molar-refractivity contribution in [1.29, 1.82) is 0 Å². The van der Waals surface area contributed by atoms with E-state index in [9.17, 15) is 4.39 Å². The molecule has 0 saturated heterocycles. The number of hydrogen-bond donors (Lipinski definition) is 1. The largest absolute Gasteiger partial charge is 0.491 e. The third-order valence-corrected chi connectivity index (χ3v) is 2.28. The lowest BCUT2D eigenvalue weighted by Crippen LogP contribution is -2.13. The van der Waals surface area contributed by atoms with Crippen molar-refractivity contribution in [3.63, 3.8) is 0 Å². The van der Waals surface area contributed by atoms with Gasteiger partial charge >= 0.3 is 0 Å². The van der Waals surface area contributed by atoms with Crippen LogP contribution in [0.1, 0.15) is 19.4 Å². The highest BCUT2D eigenvalue weighted by atomic mass is 19.1. The topological polar surface area (TPSA) is 35.2 Å². The summed E-state index contributed by atoms with van der Waals surface area (Å²) in [4.78, 5) is 0. The molecule has 0 fully saturated rings. The van der Waals surface area contributed by atoms with E-state index in [1.807, 2.05) is 19.9 Å². The Balaban J connectivity index is 2.73. The lowest BCUT2D eigenvalue weighted by molar-refractivity contribution is 0.321. The smallest absolute Gasteiger partial charge is 0.165 e. The van der Waals surface area contributed by atoms with E-state index in [0.29, 0.717) is 24.8 Å². The van der Waals surface area contributed by atoms with Gasteiger partial charge in [-0.1, -0.05) is 13.0 Å². The fourth-order valence-electron chi connectivity index (χ4n) is 1.43. The summed E-state index contributed by atoms with van der Waals surface area (Å²) in [5, 5.41) is 0. The van der Waals surface area contributed by atoms with Gasteiger partial charge < -0.3 is 10.5 Å². The summed E-state index contributed by atoms with van der Waals surface area (Å²) < 4.78 is 18.6. The Hall–Kier alpha value is -1.09. The second kappa shape index (κ2) is 5.71. The molecule has 0 radical (unpaired) electrons. The van der Waals surface area contributed by atoms with Gasteiger partial charge in [0.1, 0.15) is 0 Å². The zero-order valence-electron chi connectivity index (χ0n) is 9.29. The number of halogens is 1. The highest BCUT2D eigenvalue weighted by molar-refractivity contribution is 5.29. The van der Waals surface area contributed by atoms with Crippen molar-refractivity contribution < 1.29 is 9.13 Å². The van der Waals surface area contributed by atoms with E-state index in [2.05, 4.69) is 0 Å². The fraction of sp³-hybridized carbons (Fsp3) is 0.500. The third kappa shape index (κ3) is 3.51. The van der Waals surface area contributed by atoms with E-state index in [4.69, 9.17) is 10.5 Å². The van der Waals surface area contributed by atoms with Crippen LogP contribution in [0.25, 0.3) is 0 Å². The van der Waals surface area contributed by atoms with Crippen molar-refractivity contribution in [2.75, 3.05) is 13.2 Å². The van der Waals surface area contributed by atoms with E-state index in [1.54, 1.807) is 6.07 Å². The zero-order valence-corrected chi connectivity index (χ0v) is 9.29. The molecule has 1 rings (SSSR count). The van der Waals surface area contributed by atoms with Gasteiger partial charge in [-0.3, -0.25) is 0 Å². The maximum atomic E-state index is 13.4. The molecule has 0 heterocycles. The van der Waals surface area contributed by atoms with Crippen LogP contribution in [-0.4, -0.2) is 13.2 Å². The Kier molecular flexibility index (Phi) is 4.56. The molecule has 3 heteroatoms. The van der Waals surface area contributed by atoms with Crippen LogP contribution in [0.3, 0.4) is 0 Å². The van der Waals surface area contributed by atoms with Gasteiger partial charge in [0.25, 0.3) is 0 Å². The maximum Gasteiger partial charge on any atom is 0.165 e. The van der Waals surface area contributed by atoms with Crippen LogP contribution in [0, 0.1) is 11.7 Å². The molecule has 0 bridgehead atoms. The minimum Gasteiger partial charge on any atom is -0.491 e. The van der Waals surface area contributed by atoms with Crippen LogP contribution in [0.4, 0.5) is 4.39 Å². The molecule has 0 saturated carbocycles. The minimum absolute atomic E-state index is 0.293. The molecule has 0 amide bonds. The van der Waals surface area contributed by atoms with E-state index < -0.39 is 0 Å². The SMILES string of the molecule is CCOc1ccc(CC(C)CN)cc1F. The normalized spacial score (nSPS) is 12.5. The van der Waals surface area contributed by atoms with Crippen molar-refractivity contribution in [2.24, 2.45) is 11.7 Å². The molecule has 0 aliphatic heterocycles. The maximum absolute atomic E-state index is 13.4. The first-order valence-electron chi connectivity index (χ1n) is 5.28. The lowest BCUT2D eigenvalue weighted by Gasteiger charge is -2.10. The van der Waals surface area contributed by atoms with Gasteiger partial charge in [-0.05, 0) is 43.5 Å². The third-order valence-electron chi connectivity index (χ3n) is 2.28. The number of nitrogens with two attached hydrogens (primary N) is 1. The van der Waals surface area contributed by atoms with Gasteiger partial charge in [-0.2, -0.15) is 0 Å². The van der Waals surface area contributed by atoms with Crippen molar-refractivity contribution in [3.8, 4) is 5.75 Å². The van der Waals surface area contributed by atoms with Crippen LogP contribution in [0.5, 0.6) is 5.75 Å². The summed E-state index contributed by atoms with van der Waals surface area (Å²) >= 11 is 0. The Morgan fingerprint density at radius 3 is 2.73 bits per heavy atom. The molecule has 15 heavy (non-hydrogen) atoms. The minimum atomic E-state index is -0.293. The van der Waals surface area contributed by atoms with Gasteiger partial charge in [0.05, 0.1) is 6.61 Å². The van der Waals surface area contributed by atoms with Gasteiger partial charge in [-0.15, -0.1) is 0 Å². The molecule has 0 spiro atoms. The van der Waals surface area contributed by atoms with Crippen LogP contribution >= 0.6 is 0 Å². The van der Waals surface area contributed by atoms with E-state index in [1.165, 1.54) is 6.07 Å². The average Bonchev–Trinajstić information content (AvgIpc) is 2.22. The lowest BCUT2D eigenvalue weighted by atomic mass is 10.0. The Morgan fingerprint density at radius 1 is 1.47 bits per heavy atom. The monoisotopic (exact) mass is 211 g/mol. The van der Waals surface area contributed by atoms with Crippen LogP contribution in [0.15, 0.2) is 18.2 Å². The number of rotatable bonds is 5. The highest BCUT2D eigenvalue weighted by Gasteiger charge is 2.06. The summed E-state index contributed by atoms with van der Waals surface area (Å²) in [6.45, 7) is 4.99. The first-order valence-corrected chi connectivity index (χ1v) is 5.28. The standard InChI is InChI=1S/C12H18FNO/c1-3-15-12-5-4-10(7-11(12)13)6-9(2)8-14/h4-5,7,9H,3,6,8,14H2,1-2H3. The Bertz CT molecular complexity index is 314. The van der Waals surface area contributed by atoms with Crippen molar-refractivity contribution in [1.82, 2.24) is 0 Å². The van der Waals surface area contributed by atoms with Gasteiger partial charge in [0, 0.05) is 0 Å². The van der Waals surface area contributed by atoms with Crippen LogP contribution in [-0.2, 0) is 6.42 Å². The van der Waals surface area contributed by atoms with Crippen molar-refractivity contribution in [2.45, 2.75) is 20.3 Å². The average molecular weight is 211 g/mol. The fourth-order valence-corrected chi connectivity index (χ4v) is 1.43. The zero-order chi connectivity index (χ0) is 11.3. The van der Waals surface area contributed by atoms with Crippen molar-refractivity contribution >= 4 is 0 Å². The molecule has 0 aliphatic rings. The van der Waals surface area contributed by atoms with Crippen molar-refractivity contribution in [3.05, 3.63) is 29.6 Å². The summed E-state index contributed by atoms with van der Waals surface area (Å²) in [6.07, 6.45) is 0.805.